The fourth-order valence-corrected chi connectivity index (χ4v) is 2.64. The van der Waals surface area contributed by atoms with Crippen LogP contribution in [0, 0.1) is 20.8 Å². The van der Waals surface area contributed by atoms with Gasteiger partial charge >= 0.3 is 5.97 Å². The van der Waals surface area contributed by atoms with E-state index in [-0.39, 0.29) is 12.1 Å². The molecule has 98 valence electrons. The van der Waals surface area contributed by atoms with Gasteiger partial charge < -0.3 is 0 Å². The quantitative estimate of drug-likeness (QED) is 0.605. The van der Waals surface area contributed by atoms with Crippen molar-refractivity contribution < 1.29 is 14.6 Å². The van der Waals surface area contributed by atoms with Crippen LogP contribution in [0.2, 0.25) is 0 Å². The van der Waals surface area contributed by atoms with Crippen molar-refractivity contribution in [1.29, 1.82) is 0 Å². The molecule has 0 heterocycles. The van der Waals surface area contributed by atoms with Crippen LogP contribution in [0.25, 0.3) is 0 Å². The maximum atomic E-state index is 12.0. The summed E-state index contributed by atoms with van der Waals surface area (Å²) >= 11 is 0. The van der Waals surface area contributed by atoms with Gasteiger partial charge in [0, 0.05) is 0 Å². The van der Waals surface area contributed by atoms with E-state index in [1.807, 2.05) is 32.9 Å². The Balaban J connectivity index is 2.04. The number of aryl methyl sites for hydroxylation is 3. The van der Waals surface area contributed by atoms with Gasteiger partial charge in [0.25, 0.3) is 0 Å². The molecular weight excluding hydrogens is 228 g/mol. The maximum absolute atomic E-state index is 12.0. The largest absolute Gasteiger partial charge is 0.373 e. The van der Waals surface area contributed by atoms with E-state index in [0.717, 1.165) is 42.4 Å². The molecule has 0 unspecified atom stereocenters. The Morgan fingerprint density at radius 1 is 1.11 bits per heavy atom. The van der Waals surface area contributed by atoms with E-state index < -0.39 is 0 Å². The number of carbonyl (C=O) groups is 1. The molecular formula is C15H20O3. The molecule has 18 heavy (non-hydrogen) atoms. The summed E-state index contributed by atoms with van der Waals surface area (Å²) < 4.78 is 0. The second-order valence-corrected chi connectivity index (χ2v) is 5.15. The Labute approximate surface area is 108 Å². The predicted molar refractivity (Wildman–Crippen MR) is 69.4 cm³/mol. The fourth-order valence-electron chi connectivity index (χ4n) is 2.64. The van der Waals surface area contributed by atoms with Gasteiger partial charge in [0.15, 0.2) is 0 Å². The highest BCUT2D eigenvalue weighted by Gasteiger charge is 2.21. The predicted octanol–water partition coefficient (Wildman–Crippen LogP) is 3.64. The van der Waals surface area contributed by atoms with Crippen LogP contribution in [-0.4, -0.2) is 12.1 Å². The summed E-state index contributed by atoms with van der Waals surface area (Å²) in [5, 5.41) is 0. The van der Waals surface area contributed by atoms with Crippen LogP contribution >= 0.6 is 0 Å². The zero-order valence-electron chi connectivity index (χ0n) is 11.3. The monoisotopic (exact) mass is 248 g/mol. The van der Waals surface area contributed by atoms with E-state index in [2.05, 4.69) is 0 Å². The molecule has 0 atom stereocenters. The molecule has 0 saturated heterocycles. The standard InChI is InChI=1S/C15H20O3/c1-10-8-11(2)14(12(3)9-10)15(16)18-17-13-6-4-5-7-13/h8-9,13H,4-7H2,1-3H3. The van der Waals surface area contributed by atoms with Gasteiger partial charge in [0.05, 0.1) is 5.56 Å². The second kappa shape index (κ2) is 5.53. The van der Waals surface area contributed by atoms with Crippen molar-refractivity contribution in [2.75, 3.05) is 0 Å². The molecule has 0 radical (unpaired) electrons. The summed E-state index contributed by atoms with van der Waals surface area (Å²) in [6, 6.07) is 3.97. The molecule has 0 N–H and O–H groups in total. The van der Waals surface area contributed by atoms with E-state index in [1.54, 1.807) is 0 Å². The second-order valence-electron chi connectivity index (χ2n) is 5.15. The van der Waals surface area contributed by atoms with Crippen LogP contribution < -0.4 is 0 Å². The van der Waals surface area contributed by atoms with Gasteiger partial charge in [-0.05, 0) is 44.7 Å². The van der Waals surface area contributed by atoms with Crippen molar-refractivity contribution in [3.8, 4) is 0 Å². The third-order valence-electron chi connectivity index (χ3n) is 3.44. The molecule has 2 rings (SSSR count). The van der Waals surface area contributed by atoms with Crippen LogP contribution in [0.5, 0.6) is 0 Å². The summed E-state index contributed by atoms with van der Waals surface area (Å²) in [6.45, 7) is 5.86. The van der Waals surface area contributed by atoms with Crippen molar-refractivity contribution in [2.24, 2.45) is 0 Å². The van der Waals surface area contributed by atoms with Crippen molar-refractivity contribution in [1.82, 2.24) is 0 Å². The minimum atomic E-state index is -0.378. The van der Waals surface area contributed by atoms with Crippen LogP contribution in [-0.2, 0) is 9.78 Å². The molecule has 0 bridgehead atoms. The lowest BCUT2D eigenvalue weighted by Crippen LogP contribution is -2.15. The molecule has 3 nitrogen and oxygen atoms in total. The van der Waals surface area contributed by atoms with Crippen molar-refractivity contribution >= 4 is 5.97 Å². The van der Waals surface area contributed by atoms with Gasteiger partial charge in [-0.2, -0.15) is 4.89 Å². The van der Waals surface area contributed by atoms with Crippen LogP contribution in [0.15, 0.2) is 12.1 Å². The Morgan fingerprint density at radius 2 is 1.67 bits per heavy atom. The molecule has 0 aliphatic heterocycles. The van der Waals surface area contributed by atoms with E-state index in [1.165, 1.54) is 0 Å². The normalized spacial score (nSPS) is 15.9. The summed E-state index contributed by atoms with van der Waals surface area (Å²) in [4.78, 5) is 22.2. The van der Waals surface area contributed by atoms with Crippen molar-refractivity contribution in [2.45, 2.75) is 52.6 Å². The minimum absolute atomic E-state index is 0.0833. The number of carbonyl (C=O) groups excluding carboxylic acids is 1. The highest BCUT2D eigenvalue weighted by atomic mass is 17.2. The van der Waals surface area contributed by atoms with Gasteiger partial charge in [-0.15, -0.1) is 0 Å². The minimum Gasteiger partial charge on any atom is -0.293 e. The molecule has 1 fully saturated rings. The van der Waals surface area contributed by atoms with Gasteiger partial charge in [-0.1, -0.05) is 30.5 Å². The van der Waals surface area contributed by atoms with Crippen LogP contribution in [0.1, 0.15) is 52.7 Å². The Hall–Kier alpha value is -1.35. The average molecular weight is 248 g/mol. The van der Waals surface area contributed by atoms with Gasteiger partial charge in [0.1, 0.15) is 6.10 Å². The first kappa shape index (κ1) is 13.1. The summed E-state index contributed by atoms with van der Waals surface area (Å²) in [7, 11) is 0. The fraction of sp³-hybridized carbons (Fsp3) is 0.533. The molecule has 1 aliphatic carbocycles. The van der Waals surface area contributed by atoms with Gasteiger partial charge in [0.2, 0.25) is 0 Å². The number of rotatable bonds is 3. The zero-order chi connectivity index (χ0) is 13.1. The average Bonchev–Trinajstić information content (AvgIpc) is 2.77. The van der Waals surface area contributed by atoms with E-state index >= 15 is 0 Å². The summed E-state index contributed by atoms with van der Waals surface area (Å²) in [5.74, 6) is -0.378. The first-order valence-corrected chi connectivity index (χ1v) is 6.53. The molecule has 1 aliphatic rings. The summed E-state index contributed by atoms with van der Waals surface area (Å²) in [5.41, 5.74) is 3.65. The summed E-state index contributed by atoms with van der Waals surface area (Å²) in [6.07, 6.45) is 4.37. The molecule has 3 heteroatoms. The number of benzene rings is 1. The Morgan fingerprint density at radius 3 is 2.22 bits per heavy atom. The first-order chi connectivity index (χ1) is 8.58. The van der Waals surface area contributed by atoms with Crippen molar-refractivity contribution in [3.63, 3.8) is 0 Å². The topological polar surface area (TPSA) is 35.5 Å². The lowest BCUT2D eigenvalue weighted by Gasteiger charge is -2.12. The molecule has 1 saturated carbocycles. The Bertz CT molecular complexity index is 422. The molecule has 0 spiro atoms. The van der Waals surface area contributed by atoms with Gasteiger partial charge in [-0.25, -0.2) is 4.79 Å². The van der Waals surface area contributed by atoms with E-state index in [0.29, 0.717) is 5.56 Å². The Kier molecular flexibility index (Phi) is 4.02. The first-order valence-electron chi connectivity index (χ1n) is 6.53. The molecule has 0 amide bonds. The van der Waals surface area contributed by atoms with E-state index in [9.17, 15) is 4.79 Å². The number of hydrogen-bond acceptors (Lipinski definition) is 3. The highest BCUT2D eigenvalue weighted by molar-refractivity contribution is 5.92. The smallest absolute Gasteiger partial charge is 0.293 e. The molecule has 1 aromatic rings. The molecule has 1 aromatic carbocycles. The van der Waals surface area contributed by atoms with E-state index in [4.69, 9.17) is 9.78 Å². The van der Waals surface area contributed by atoms with Crippen LogP contribution in [0.3, 0.4) is 0 Å². The van der Waals surface area contributed by atoms with Crippen LogP contribution in [0.4, 0.5) is 0 Å². The third-order valence-corrected chi connectivity index (χ3v) is 3.44. The lowest BCUT2D eigenvalue weighted by atomic mass is 10.0. The lowest BCUT2D eigenvalue weighted by molar-refractivity contribution is -0.272. The highest BCUT2D eigenvalue weighted by Crippen LogP contribution is 2.22. The SMILES string of the molecule is Cc1cc(C)c(C(=O)OOC2CCCC2)c(C)c1. The van der Waals surface area contributed by atoms with Gasteiger partial charge in [-0.3, -0.25) is 4.89 Å². The third kappa shape index (κ3) is 2.91. The number of hydrogen-bond donors (Lipinski definition) is 0. The van der Waals surface area contributed by atoms with Crippen molar-refractivity contribution in [3.05, 3.63) is 34.4 Å². The molecule has 0 aromatic heterocycles. The maximum Gasteiger partial charge on any atom is 0.373 e. The zero-order valence-corrected chi connectivity index (χ0v) is 11.3.